The molecule has 3 aromatic rings. The van der Waals surface area contributed by atoms with Gasteiger partial charge in [-0.25, -0.2) is 4.68 Å². The van der Waals surface area contributed by atoms with Crippen molar-refractivity contribution < 1.29 is 4.79 Å². The molecule has 2 atom stereocenters. The molecular formula is C19H15Cl2N5O. The highest BCUT2D eigenvalue weighted by atomic mass is 35.5. The average Bonchev–Trinajstić information content (AvgIpc) is 3.04. The van der Waals surface area contributed by atoms with Crippen molar-refractivity contribution in [2.45, 2.75) is 6.04 Å². The van der Waals surface area contributed by atoms with Crippen molar-refractivity contribution in [1.29, 1.82) is 0 Å². The number of anilines is 1. The van der Waals surface area contributed by atoms with Gasteiger partial charge in [-0.3, -0.25) is 4.79 Å². The molecule has 1 aliphatic rings. The standard InChI is InChI=1S/C19H15Cl2N5O/c1-10-15(17(22)27)16(11-6-2-4-8-13(11)20)26-19(23-10)24-18(25-26)12-7-3-5-9-14(12)21/h2-9,15-16H,1H2,(H2,22,27)(H,23,24,25). The molecule has 0 aliphatic carbocycles. The molecule has 1 aromatic heterocycles. The minimum absolute atomic E-state index is 0.429. The monoisotopic (exact) mass is 399 g/mol. The number of hydrogen-bond acceptors (Lipinski definition) is 4. The second-order valence-electron chi connectivity index (χ2n) is 6.18. The van der Waals surface area contributed by atoms with Crippen LogP contribution in [0, 0.1) is 5.92 Å². The molecule has 2 unspecified atom stereocenters. The van der Waals surface area contributed by atoms with E-state index in [1.807, 2.05) is 36.4 Å². The van der Waals surface area contributed by atoms with E-state index in [-0.39, 0.29) is 0 Å². The van der Waals surface area contributed by atoms with E-state index >= 15 is 0 Å². The summed E-state index contributed by atoms with van der Waals surface area (Å²) < 4.78 is 1.62. The molecule has 1 aliphatic heterocycles. The number of aromatic nitrogens is 3. The molecule has 0 saturated carbocycles. The number of nitrogens with two attached hydrogens (primary N) is 1. The number of amides is 1. The van der Waals surface area contributed by atoms with Crippen LogP contribution >= 0.6 is 23.2 Å². The molecule has 2 heterocycles. The number of halogens is 2. The van der Waals surface area contributed by atoms with Crippen LogP contribution in [0.25, 0.3) is 11.4 Å². The van der Waals surface area contributed by atoms with E-state index in [9.17, 15) is 4.79 Å². The Morgan fingerprint density at radius 3 is 2.44 bits per heavy atom. The first kappa shape index (κ1) is 17.6. The third-order valence-electron chi connectivity index (χ3n) is 4.50. The number of hydrogen-bond donors (Lipinski definition) is 2. The zero-order valence-electron chi connectivity index (χ0n) is 14.1. The van der Waals surface area contributed by atoms with Gasteiger partial charge in [0, 0.05) is 16.3 Å². The molecular weight excluding hydrogens is 385 g/mol. The van der Waals surface area contributed by atoms with Crippen LogP contribution in [-0.4, -0.2) is 20.7 Å². The Morgan fingerprint density at radius 1 is 1.11 bits per heavy atom. The molecule has 0 bridgehead atoms. The van der Waals surface area contributed by atoms with Crippen LogP contribution in [0.2, 0.25) is 10.0 Å². The van der Waals surface area contributed by atoms with Gasteiger partial charge in [0.05, 0.1) is 11.1 Å². The lowest BCUT2D eigenvalue weighted by Gasteiger charge is -2.33. The molecule has 136 valence electrons. The highest BCUT2D eigenvalue weighted by Crippen LogP contribution is 2.41. The molecule has 3 N–H and O–H groups in total. The summed E-state index contributed by atoms with van der Waals surface area (Å²) in [7, 11) is 0. The Hall–Kier alpha value is -2.83. The molecule has 6 nitrogen and oxygen atoms in total. The van der Waals surface area contributed by atoms with Crippen molar-refractivity contribution in [3.63, 3.8) is 0 Å². The third-order valence-corrected chi connectivity index (χ3v) is 5.18. The van der Waals surface area contributed by atoms with Crippen molar-refractivity contribution in [3.05, 3.63) is 76.4 Å². The highest BCUT2D eigenvalue weighted by molar-refractivity contribution is 6.33. The Labute approximate surface area is 165 Å². The molecule has 4 rings (SSSR count). The van der Waals surface area contributed by atoms with Crippen molar-refractivity contribution >= 4 is 35.1 Å². The number of benzene rings is 2. The lowest BCUT2D eigenvalue weighted by atomic mass is 9.89. The SMILES string of the molecule is C=C1Nc2nc(-c3ccccc3Cl)nn2C(c2ccccc2Cl)C1C(N)=O. The van der Waals surface area contributed by atoms with Gasteiger partial charge in [-0.2, -0.15) is 4.98 Å². The van der Waals surface area contributed by atoms with Gasteiger partial charge in [0.15, 0.2) is 5.82 Å². The molecule has 0 fully saturated rings. The van der Waals surface area contributed by atoms with Gasteiger partial charge in [-0.05, 0) is 23.8 Å². The fraction of sp³-hybridized carbons (Fsp3) is 0.105. The Morgan fingerprint density at radius 2 is 1.78 bits per heavy atom. The maximum absolute atomic E-state index is 12.2. The van der Waals surface area contributed by atoms with E-state index in [0.29, 0.717) is 38.6 Å². The highest BCUT2D eigenvalue weighted by Gasteiger charge is 2.40. The maximum atomic E-state index is 12.2. The van der Waals surface area contributed by atoms with Gasteiger partial charge >= 0.3 is 0 Å². The summed E-state index contributed by atoms with van der Waals surface area (Å²) in [5.74, 6) is -0.397. The third kappa shape index (κ3) is 2.97. The number of nitrogens with zero attached hydrogens (tertiary/aromatic N) is 3. The quantitative estimate of drug-likeness (QED) is 0.699. The summed E-state index contributed by atoms with van der Waals surface area (Å²) in [6.07, 6.45) is 0. The lowest BCUT2D eigenvalue weighted by molar-refractivity contribution is -0.121. The number of carbonyl (C=O) groups excluding carboxylic acids is 1. The van der Waals surface area contributed by atoms with Crippen LogP contribution in [0.1, 0.15) is 11.6 Å². The zero-order valence-corrected chi connectivity index (χ0v) is 15.6. The fourth-order valence-corrected chi connectivity index (χ4v) is 3.73. The second-order valence-corrected chi connectivity index (χ2v) is 6.99. The molecule has 27 heavy (non-hydrogen) atoms. The predicted octanol–water partition coefficient (Wildman–Crippen LogP) is 3.88. The largest absolute Gasteiger partial charge is 0.369 e. The first-order valence-corrected chi connectivity index (χ1v) is 8.94. The van der Waals surface area contributed by atoms with Gasteiger partial charge in [0.25, 0.3) is 0 Å². The minimum Gasteiger partial charge on any atom is -0.369 e. The lowest BCUT2D eigenvalue weighted by Crippen LogP contribution is -2.40. The van der Waals surface area contributed by atoms with Crippen molar-refractivity contribution in [1.82, 2.24) is 14.8 Å². The van der Waals surface area contributed by atoms with E-state index in [1.165, 1.54) is 0 Å². The molecule has 8 heteroatoms. The Kier molecular flexibility index (Phi) is 4.37. The number of fused-ring (bicyclic) bond motifs is 1. The summed E-state index contributed by atoms with van der Waals surface area (Å²) in [6, 6.07) is 14.0. The number of rotatable bonds is 3. The summed E-state index contributed by atoms with van der Waals surface area (Å²) in [6.45, 7) is 3.96. The first-order chi connectivity index (χ1) is 13.0. The van der Waals surface area contributed by atoms with Crippen molar-refractivity contribution in [2.24, 2.45) is 11.7 Å². The zero-order chi connectivity index (χ0) is 19.1. The van der Waals surface area contributed by atoms with Gasteiger partial charge in [0.2, 0.25) is 11.9 Å². The minimum atomic E-state index is -0.738. The topological polar surface area (TPSA) is 85.8 Å². The van der Waals surface area contributed by atoms with E-state index in [4.69, 9.17) is 28.9 Å². The van der Waals surface area contributed by atoms with Crippen LogP contribution < -0.4 is 11.1 Å². The number of carbonyl (C=O) groups is 1. The molecule has 1 amide bonds. The first-order valence-electron chi connectivity index (χ1n) is 8.18. The van der Waals surface area contributed by atoms with Gasteiger partial charge < -0.3 is 11.1 Å². The number of primary amides is 1. The maximum Gasteiger partial charge on any atom is 0.229 e. The van der Waals surface area contributed by atoms with Crippen LogP contribution in [0.5, 0.6) is 0 Å². The normalized spacial score (nSPS) is 18.7. The van der Waals surface area contributed by atoms with Gasteiger partial charge in [0.1, 0.15) is 5.92 Å². The number of nitrogens with one attached hydrogen (secondary N) is 1. The van der Waals surface area contributed by atoms with Crippen LogP contribution in [0.4, 0.5) is 5.95 Å². The van der Waals surface area contributed by atoms with E-state index in [0.717, 1.165) is 0 Å². The van der Waals surface area contributed by atoms with Crippen molar-refractivity contribution in [3.8, 4) is 11.4 Å². The van der Waals surface area contributed by atoms with Crippen LogP contribution in [-0.2, 0) is 4.79 Å². The molecule has 2 aromatic carbocycles. The van der Waals surface area contributed by atoms with Crippen LogP contribution in [0.3, 0.4) is 0 Å². The predicted molar refractivity (Wildman–Crippen MR) is 106 cm³/mol. The smallest absolute Gasteiger partial charge is 0.229 e. The Bertz CT molecular complexity index is 1060. The second kappa shape index (κ2) is 6.72. The van der Waals surface area contributed by atoms with Gasteiger partial charge in [-0.1, -0.05) is 60.1 Å². The summed E-state index contributed by atoms with van der Waals surface area (Å²) >= 11 is 12.7. The van der Waals surface area contributed by atoms with Gasteiger partial charge in [-0.15, -0.1) is 5.10 Å². The molecule has 0 spiro atoms. The summed E-state index contributed by atoms with van der Waals surface area (Å²) in [4.78, 5) is 16.7. The fourth-order valence-electron chi connectivity index (χ4n) is 3.27. The Balaban J connectivity index is 1.92. The van der Waals surface area contributed by atoms with E-state index in [2.05, 4.69) is 22.0 Å². The van der Waals surface area contributed by atoms with Crippen LogP contribution in [0.15, 0.2) is 60.8 Å². The summed E-state index contributed by atoms with van der Waals surface area (Å²) in [5.41, 5.74) is 7.50. The van der Waals surface area contributed by atoms with E-state index < -0.39 is 17.9 Å². The average molecular weight is 400 g/mol. The van der Waals surface area contributed by atoms with E-state index in [1.54, 1.807) is 16.8 Å². The molecule has 0 radical (unpaired) electrons. The molecule has 0 saturated heterocycles. The summed E-state index contributed by atoms with van der Waals surface area (Å²) in [5, 5.41) is 8.66. The van der Waals surface area contributed by atoms with Crippen molar-refractivity contribution in [2.75, 3.05) is 5.32 Å².